The highest BCUT2D eigenvalue weighted by Gasteiger charge is 2.11. The first-order valence-electron chi connectivity index (χ1n) is 8.43. The van der Waals surface area contributed by atoms with Crippen LogP contribution in [0.2, 0.25) is 0 Å². The van der Waals surface area contributed by atoms with Crippen molar-refractivity contribution in [2.45, 2.75) is 19.9 Å². The summed E-state index contributed by atoms with van der Waals surface area (Å²) in [6.07, 6.45) is 0.496. The monoisotopic (exact) mass is 325 g/mol. The first-order chi connectivity index (χ1) is 11.6. The molecule has 0 bridgehead atoms. The molecule has 4 nitrogen and oxygen atoms in total. The Hall–Kier alpha value is -2.49. The van der Waals surface area contributed by atoms with Gasteiger partial charge in [0, 0.05) is 51.5 Å². The molecule has 2 aromatic carbocycles. The topological polar surface area (TPSA) is 35.6 Å². The zero-order valence-corrected chi connectivity index (χ0v) is 14.8. The standard InChI is InChI=1S/C20H27N3O/c1-4-23(16-17-8-6-5-7-9-17)20(24)14-15-21-18-10-12-19(13-11-18)22(2)3/h5-13,21H,4,14-16H2,1-3H3. The van der Waals surface area contributed by atoms with Crippen molar-refractivity contribution in [3.8, 4) is 0 Å². The summed E-state index contributed by atoms with van der Waals surface area (Å²) in [6, 6.07) is 18.3. The number of hydrogen-bond donors (Lipinski definition) is 1. The van der Waals surface area contributed by atoms with Crippen molar-refractivity contribution in [2.24, 2.45) is 0 Å². The first-order valence-corrected chi connectivity index (χ1v) is 8.43. The molecule has 1 amide bonds. The van der Waals surface area contributed by atoms with Crippen molar-refractivity contribution in [1.29, 1.82) is 0 Å². The third-order valence-electron chi connectivity index (χ3n) is 4.00. The molecule has 0 atom stereocenters. The van der Waals surface area contributed by atoms with E-state index in [1.165, 1.54) is 5.56 Å². The Morgan fingerprint density at radius 3 is 2.25 bits per heavy atom. The van der Waals surface area contributed by atoms with Crippen LogP contribution in [0.4, 0.5) is 11.4 Å². The molecule has 0 aliphatic heterocycles. The lowest BCUT2D eigenvalue weighted by atomic mass is 10.2. The van der Waals surface area contributed by atoms with Crippen molar-refractivity contribution in [3.63, 3.8) is 0 Å². The lowest BCUT2D eigenvalue weighted by molar-refractivity contribution is -0.131. The largest absolute Gasteiger partial charge is 0.385 e. The van der Waals surface area contributed by atoms with E-state index in [2.05, 4.69) is 34.5 Å². The first kappa shape index (κ1) is 17.9. The molecule has 1 N–H and O–H groups in total. The van der Waals surface area contributed by atoms with Gasteiger partial charge in [0.1, 0.15) is 0 Å². The molecule has 0 aliphatic carbocycles. The Morgan fingerprint density at radius 2 is 1.67 bits per heavy atom. The van der Waals surface area contributed by atoms with E-state index in [-0.39, 0.29) is 5.91 Å². The summed E-state index contributed by atoms with van der Waals surface area (Å²) in [6.45, 7) is 4.07. The number of rotatable bonds is 8. The minimum Gasteiger partial charge on any atom is -0.385 e. The fourth-order valence-electron chi connectivity index (χ4n) is 2.53. The molecule has 0 heterocycles. The average molecular weight is 325 g/mol. The van der Waals surface area contributed by atoms with Gasteiger partial charge in [0.25, 0.3) is 0 Å². The molecule has 4 heteroatoms. The highest BCUT2D eigenvalue weighted by Crippen LogP contribution is 2.15. The molecule has 0 aromatic heterocycles. The molecular formula is C20H27N3O. The van der Waals surface area contributed by atoms with Gasteiger partial charge in [-0.2, -0.15) is 0 Å². The smallest absolute Gasteiger partial charge is 0.224 e. The van der Waals surface area contributed by atoms with E-state index < -0.39 is 0 Å². The second kappa shape index (κ2) is 8.96. The van der Waals surface area contributed by atoms with Crippen LogP contribution in [0.5, 0.6) is 0 Å². The normalized spacial score (nSPS) is 10.3. The maximum Gasteiger partial charge on any atom is 0.224 e. The van der Waals surface area contributed by atoms with Gasteiger partial charge in [-0.3, -0.25) is 4.79 Å². The highest BCUT2D eigenvalue weighted by atomic mass is 16.2. The molecule has 0 saturated carbocycles. The molecule has 2 aromatic rings. The summed E-state index contributed by atoms with van der Waals surface area (Å²) < 4.78 is 0. The maximum atomic E-state index is 12.4. The SMILES string of the molecule is CCN(Cc1ccccc1)C(=O)CCNc1ccc(N(C)C)cc1. The third kappa shape index (κ3) is 5.30. The third-order valence-corrected chi connectivity index (χ3v) is 4.00. The fraction of sp³-hybridized carbons (Fsp3) is 0.350. The molecule has 0 spiro atoms. The fourth-order valence-corrected chi connectivity index (χ4v) is 2.53. The zero-order valence-electron chi connectivity index (χ0n) is 14.8. The van der Waals surface area contributed by atoms with Gasteiger partial charge in [0.15, 0.2) is 0 Å². The van der Waals surface area contributed by atoms with E-state index in [9.17, 15) is 4.79 Å². The molecule has 128 valence electrons. The van der Waals surface area contributed by atoms with Crippen molar-refractivity contribution in [3.05, 3.63) is 60.2 Å². The highest BCUT2D eigenvalue weighted by molar-refractivity contribution is 5.76. The second-order valence-corrected chi connectivity index (χ2v) is 6.01. The summed E-state index contributed by atoms with van der Waals surface area (Å²) in [7, 11) is 4.04. The van der Waals surface area contributed by atoms with Crippen LogP contribution in [-0.2, 0) is 11.3 Å². The maximum absolute atomic E-state index is 12.4. The van der Waals surface area contributed by atoms with E-state index in [0.29, 0.717) is 19.5 Å². The summed E-state index contributed by atoms with van der Waals surface area (Å²) in [5.41, 5.74) is 3.37. The quantitative estimate of drug-likeness (QED) is 0.805. The van der Waals surface area contributed by atoms with E-state index in [1.807, 2.05) is 56.3 Å². The van der Waals surface area contributed by atoms with Crippen molar-refractivity contribution >= 4 is 17.3 Å². The number of anilines is 2. The summed E-state index contributed by atoms with van der Waals surface area (Å²) in [5, 5.41) is 3.32. The van der Waals surface area contributed by atoms with Crippen LogP contribution in [0, 0.1) is 0 Å². The van der Waals surface area contributed by atoms with Gasteiger partial charge in [-0.1, -0.05) is 30.3 Å². The minimum atomic E-state index is 0.179. The van der Waals surface area contributed by atoms with Gasteiger partial charge in [-0.25, -0.2) is 0 Å². The summed E-state index contributed by atoms with van der Waals surface area (Å²) in [4.78, 5) is 16.4. The number of amides is 1. The van der Waals surface area contributed by atoms with Gasteiger partial charge in [-0.15, -0.1) is 0 Å². The van der Waals surface area contributed by atoms with Gasteiger partial charge in [-0.05, 0) is 36.8 Å². The molecule has 0 radical (unpaired) electrons. The second-order valence-electron chi connectivity index (χ2n) is 6.01. The Morgan fingerprint density at radius 1 is 1.00 bits per heavy atom. The minimum absolute atomic E-state index is 0.179. The molecule has 0 unspecified atom stereocenters. The predicted molar refractivity (Wildman–Crippen MR) is 101 cm³/mol. The number of carbonyl (C=O) groups is 1. The van der Waals surface area contributed by atoms with Crippen LogP contribution in [0.1, 0.15) is 18.9 Å². The molecular weight excluding hydrogens is 298 g/mol. The number of carbonyl (C=O) groups excluding carboxylic acids is 1. The Labute approximate surface area is 145 Å². The van der Waals surface area contributed by atoms with Crippen LogP contribution < -0.4 is 10.2 Å². The van der Waals surface area contributed by atoms with E-state index >= 15 is 0 Å². The van der Waals surface area contributed by atoms with E-state index in [1.54, 1.807) is 0 Å². The zero-order chi connectivity index (χ0) is 17.4. The molecule has 0 aliphatic rings. The van der Waals surface area contributed by atoms with Crippen LogP contribution in [0.15, 0.2) is 54.6 Å². The van der Waals surface area contributed by atoms with Crippen LogP contribution in [-0.4, -0.2) is 38.0 Å². The number of hydrogen-bond acceptors (Lipinski definition) is 3. The lowest BCUT2D eigenvalue weighted by Crippen LogP contribution is -2.31. The molecule has 24 heavy (non-hydrogen) atoms. The summed E-state index contributed by atoms with van der Waals surface area (Å²) in [5.74, 6) is 0.179. The van der Waals surface area contributed by atoms with Crippen LogP contribution in [0.25, 0.3) is 0 Å². The number of nitrogens with zero attached hydrogens (tertiary/aromatic N) is 2. The van der Waals surface area contributed by atoms with Crippen molar-refractivity contribution < 1.29 is 4.79 Å². The number of nitrogens with one attached hydrogen (secondary N) is 1. The molecule has 0 saturated heterocycles. The van der Waals surface area contributed by atoms with E-state index in [0.717, 1.165) is 17.9 Å². The number of benzene rings is 2. The van der Waals surface area contributed by atoms with Crippen molar-refractivity contribution in [2.75, 3.05) is 37.4 Å². The predicted octanol–water partition coefficient (Wildman–Crippen LogP) is 3.60. The Kier molecular flexibility index (Phi) is 6.67. The Balaban J connectivity index is 1.80. The van der Waals surface area contributed by atoms with Gasteiger partial charge >= 0.3 is 0 Å². The van der Waals surface area contributed by atoms with Gasteiger partial charge < -0.3 is 15.1 Å². The van der Waals surface area contributed by atoms with E-state index in [4.69, 9.17) is 0 Å². The van der Waals surface area contributed by atoms with Gasteiger partial charge in [0.2, 0.25) is 5.91 Å². The Bertz CT molecular complexity index is 623. The van der Waals surface area contributed by atoms with Crippen molar-refractivity contribution in [1.82, 2.24) is 4.90 Å². The summed E-state index contributed by atoms with van der Waals surface area (Å²) >= 11 is 0. The van der Waals surface area contributed by atoms with Crippen LogP contribution >= 0.6 is 0 Å². The molecule has 0 fully saturated rings. The van der Waals surface area contributed by atoms with Gasteiger partial charge in [0.05, 0.1) is 0 Å². The molecule has 2 rings (SSSR count). The lowest BCUT2D eigenvalue weighted by Gasteiger charge is -2.21. The van der Waals surface area contributed by atoms with Crippen LogP contribution in [0.3, 0.4) is 0 Å². The average Bonchev–Trinajstić information content (AvgIpc) is 2.61.